The predicted octanol–water partition coefficient (Wildman–Crippen LogP) is 2.00. The Morgan fingerprint density at radius 3 is 2.19 bits per heavy atom. The summed E-state index contributed by atoms with van der Waals surface area (Å²) in [6.07, 6.45) is 0.204. The van der Waals surface area contributed by atoms with Gasteiger partial charge in [0.1, 0.15) is 16.5 Å². The van der Waals surface area contributed by atoms with E-state index >= 15 is 0 Å². The van der Waals surface area contributed by atoms with Gasteiger partial charge in [-0.2, -0.15) is 4.31 Å². The maximum atomic E-state index is 14.1. The molecular formula is C21H22FN3O5S. The Morgan fingerprint density at radius 1 is 0.935 bits per heavy atom. The lowest BCUT2D eigenvalue weighted by Crippen LogP contribution is -2.49. The second kappa shape index (κ2) is 8.27. The first-order valence-electron chi connectivity index (χ1n) is 9.86. The van der Waals surface area contributed by atoms with Crippen molar-refractivity contribution in [3.63, 3.8) is 0 Å². The zero-order valence-corrected chi connectivity index (χ0v) is 17.8. The number of piperazine rings is 1. The van der Waals surface area contributed by atoms with Crippen LogP contribution in [0.4, 0.5) is 15.8 Å². The largest absolute Gasteiger partial charge is 0.495 e. The van der Waals surface area contributed by atoms with Gasteiger partial charge in [0.2, 0.25) is 21.8 Å². The molecule has 164 valence electrons. The Hall–Kier alpha value is -2.98. The number of imide groups is 1. The monoisotopic (exact) mass is 447 g/mol. The van der Waals surface area contributed by atoms with Crippen molar-refractivity contribution in [3.8, 4) is 5.75 Å². The highest BCUT2D eigenvalue weighted by atomic mass is 32.2. The topological polar surface area (TPSA) is 87.2 Å². The lowest BCUT2D eigenvalue weighted by atomic mass is 10.2. The normalized spacial score (nSPS) is 18.0. The number of carbonyl (C=O) groups excluding carboxylic acids is 2. The average molecular weight is 447 g/mol. The van der Waals surface area contributed by atoms with E-state index in [-0.39, 0.29) is 59.9 Å². The Balaban J connectivity index is 1.60. The fourth-order valence-corrected chi connectivity index (χ4v) is 5.48. The number of halogens is 1. The van der Waals surface area contributed by atoms with E-state index in [1.807, 2.05) is 0 Å². The molecule has 2 fully saturated rings. The van der Waals surface area contributed by atoms with Gasteiger partial charge in [0.15, 0.2) is 0 Å². The zero-order chi connectivity index (χ0) is 22.2. The summed E-state index contributed by atoms with van der Waals surface area (Å²) in [7, 11) is -2.61. The molecule has 10 heteroatoms. The standard InChI is InChI=1S/C21H22FN3O5S/c1-30-18-7-6-15(25-20(26)8-9-21(25)27)14-19(18)31(28,29)24-12-10-23(11-13-24)17-5-3-2-4-16(17)22/h2-7,14H,8-13H2,1H3. The van der Waals surface area contributed by atoms with Crippen LogP contribution < -0.4 is 14.5 Å². The van der Waals surface area contributed by atoms with Crippen LogP contribution in [-0.2, 0) is 19.6 Å². The van der Waals surface area contributed by atoms with E-state index in [1.165, 1.54) is 35.7 Å². The molecule has 2 amide bonds. The molecule has 0 atom stereocenters. The number of methoxy groups -OCH3 is 1. The lowest BCUT2D eigenvalue weighted by molar-refractivity contribution is -0.121. The number of carbonyl (C=O) groups is 2. The summed E-state index contributed by atoms with van der Waals surface area (Å²) in [6.45, 7) is 0.966. The molecule has 8 nitrogen and oxygen atoms in total. The molecule has 0 aromatic heterocycles. The fraction of sp³-hybridized carbons (Fsp3) is 0.333. The van der Waals surface area contributed by atoms with Crippen molar-refractivity contribution in [2.24, 2.45) is 0 Å². The van der Waals surface area contributed by atoms with Gasteiger partial charge in [-0.1, -0.05) is 12.1 Å². The van der Waals surface area contributed by atoms with Crippen molar-refractivity contribution in [3.05, 3.63) is 48.3 Å². The summed E-state index contributed by atoms with van der Waals surface area (Å²) in [5.74, 6) is -0.957. The first-order chi connectivity index (χ1) is 14.8. The van der Waals surface area contributed by atoms with Gasteiger partial charge >= 0.3 is 0 Å². The summed E-state index contributed by atoms with van der Waals surface area (Å²) in [5, 5.41) is 0. The molecular weight excluding hydrogens is 425 g/mol. The summed E-state index contributed by atoms with van der Waals surface area (Å²) in [4.78, 5) is 26.9. The number of hydrogen-bond acceptors (Lipinski definition) is 6. The van der Waals surface area contributed by atoms with Crippen LogP contribution >= 0.6 is 0 Å². The van der Waals surface area contributed by atoms with Gasteiger partial charge in [0.25, 0.3) is 0 Å². The second-order valence-corrected chi connectivity index (χ2v) is 9.21. The van der Waals surface area contributed by atoms with E-state index in [9.17, 15) is 22.4 Å². The quantitative estimate of drug-likeness (QED) is 0.652. The second-order valence-electron chi connectivity index (χ2n) is 7.30. The molecule has 0 unspecified atom stereocenters. The maximum absolute atomic E-state index is 14.1. The van der Waals surface area contributed by atoms with Crippen LogP contribution in [0.25, 0.3) is 0 Å². The van der Waals surface area contributed by atoms with Crippen molar-refractivity contribution >= 4 is 33.2 Å². The molecule has 0 bridgehead atoms. The van der Waals surface area contributed by atoms with Crippen molar-refractivity contribution in [1.82, 2.24) is 4.31 Å². The van der Waals surface area contributed by atoms with Crippen LogP contribution in [0.15, 0.2) is 47.4 Å². The van der Waals surface area contributed by atoms with Crippen LogP contribution in [0.3, 0.4) is 0 Å². The molecule has 4 rings (SSSR count). The van der Waals surface area contributed by atoms with Gasteiger partial charge in [0, 0.05) is 39.0 Å². The number of para-hydroxylation sites is 1. The van der Waals surface area contributed by atoms with Crippen molar-refractivity contribution < 1.29 is 27.1 Å². The minimum absolute atomic E-state index is 0.102. The summed E-state index contributed by atoms with van der Waals surface area (Å²) >= 11 is 0. The summed E-state index contributed by atoms with van der Waals surface area (Å²) in [6, 6.07) is 10.6. The molecule has 2 aromatic rings. The highest BCUT2D eigenvalue weighted by Gasteiger charge is 2.35. The maximum Gasteiger partial charge on any atom is 0.246 e. The van der Waals surface area contributed by atoms with E-state index in [0.717, 1.165) is 4.90 Å². The first-order valence-corrected chi connectivity index (χ1v) is 11.3. The molecule has 0 radical (unpaired) electrons. The van der Waals surface area contributed by atoms with Gasteiger partial charge in [-0.3, -0.25) is 14.5 Å². The fourth-order valence-electron chi connectivity index (χ4n) is 3.89. The number of anilines is 2. The lowest BCUT2D eigenvalue weighted by Gasteiger charge is -2.35. The van der Waals surface area contributed by atoms with Gasteiger partial charge in [0.05, 0.1) is 18.5 Å². The third kappa shape index (κ3) is 3.88. The Labute approximate surface area is 179 Å². The van der Waals surface area contributed by atoms with Crippen LogP contribution in [0.2, 0.25) is 0 Å². The van der Waals surface area contributed by atoms with Crippen LogP contribution in [0.5, 0.6) is 5.75 Å². The highest BCUT2D eigenvalue weighted by molar-refractivity contribution is 7.89. The smallest absolute Gasteiger partial charge is 0.246 e. The number of benzene rings is 2. The van der Waals surface area contributed by atoms with Crippen molar-refractivity contribution in [2.45, 2.75) is 17.7 Å². The number of sulfonamides is 1. The minimum Gasteiger partial charge on any atom is -0.495 e. The Bertz CT molecular complexity index is 1110. The van der Waals surface area contributed by atoms with E-state index in [4.69, 9.17) is 4.74 Å². The van der Waals surface area contributed by atoms with Crippen LogP contribution in [0.1, 0.15) is 12.8 Å². The van der Waals surface area contributed by atoms with Gasteiger partial charge < -0.3 is 9.64 Å². The van der Waals surface area contributed by atoms with Crippen molar-refractivity contribution in [1.29, 1.82) is 0 Å². The van der Waals surface area contributed by atoms with Crippen LogP contribution in [0, 0.1) is 5.82 Å². The van der Waals surface area contributed by atoms with Crippen LogP contribution in [-0.4, -0.2) is 57.8 Å². The van der Waals surface area contributed by atoms with E-state index in [1.54, 1.807) is 23.1 Å². The summed E-state index contributed by atoms with van der Waals surface area (Å²) < 4.78 is 47.4. The molecule has 2 aromatic carbocycles. The molecule has 2 saturated heterocycles. The Morgan fingerprint density at radius 2 is 1.58 bits per heavy atom. The third-order valence-corrected chi connectivity index (χ3v) is 7.43. The van der Waals surface area contributed by atoms with Gasteiger partial charge in [-0.05, 0) is 30.3 Å². The number of amides is 2. The summed E-state index contributed by atoms with van der Waals surface area (Å²) in [5.41, 5.74) is 0.641. The molecule has 0 saturated carbocycles. The van der Waals surface area contributed by atoms with Gasteiger partial charge in [-0.25, -0.2) is 12.8 Å². The average Bonchev–Trinajstić information content (AvgIpc) is 3.11. The number of rotatable bonds is 5. The molecule has 2 aliphatic heterocycles. The van der Waals surface area contributed by atoms with E-state index in [2.05, 4.69) is 0 Å². The van der Waals surface area contributed by atoms with Gasteiger partial charge in [-0.15, -0.1) is 0 Å². The molecule has 31 heavy (non-hydrogen) atoms. The highest BCUT2D eigenvalue weighted by Crippen LogP contribution is 2.33. The SMILES string of the molecule is COc1ccc(N2C(=O)CCC2=O)cc1S(=O)(=O)N1CCN(c2ccccc2F)CC1. The molecule has 2 heterocycles. The Kier molecular flexibility index (Phi) is 5.67. The minimum atomic E-state index is -3.97. The molecule has 2 aliphatic rings. The molecule has 0 aliphatic carbocycles. The number of ether oxygens (including phenoxy) is 1. The van der Waals surface area contributed by atoms with Crippen molar-refractivity contribution in [2.75, 3.05) is 43.1 Å². The zero-order valence-electron chi connectivity index (χ0n) is 17.0. The third-order valence-electron chi connectivity index (χ3n) is 5.51. The predicted molar refractivity (Wildman–Crippen MR) is 112 cm³/mol. The van der Waals surface area contributed by atoms with E-state index in [0.29, 0.717) is 18.8 Å². The molecule has 0 N–H and O–H groups in total. The number of nitrogens with zero attached hydrogens (tertiary/aromatic N) is 3. The molecule has 0 spiro atoms. The number of hydrogen-bond donors (Lipinski definition) is 0. The van der Waals surface area contributed by atoms with E-state index < -0.39 is 10.0 Å². The first kappa shape index (κ1) is 21.3.